The predicted molar refractivity (Wildman–Crippen MR) is 64.7 cm³/mol. The molecule has 7 heteroatoms. The molecular weight excluding hydrogens is 305 g/mol. The zero-order chi connectivity index (χ0) is 14.2. The Balaban J connectivity index is 2.59. The Bertz CT molecular complexity index is 626. The number of pyridine rings is 1. The third kappa shape index (κ3) is 3.16. The van der Waals surface area contributed by atoms with Gasteiger partial charge in [0.25, 0.3) is 0 Å². The van der Waals surface area contributed by atoms with Gasteiger partial charge in [0.2, 0.25) is 0 Å². The first-order valence-electron chi connectivity index (χ1n) is 4.97. The lowest BCUT2D eigenvalue weighted by molar-refractivity contribution is -0.141. The molecule has 19 heavy (non-hydrogen) atoms. The minimum absolute atomic E-state index is 0.0960. The molecule has 0 N–H and O–H groups in total. The quantitative estimate of drug-likeness (QED) is 0.659. The normalized spacial score (nSPS) is 11.7. The third-order valence-corrected chi connectivity index (χ3v) is 2.84. The van der Waals surface area contributed by atoms with Gasteiger partial charge in [-0.2, -0.15) is 13.2 Å². The lowest BCUT2D eigenvalue weighted by atomic mass is 10.1. The van der Waals surface area contributed by atoms with Crippen LogP contribution in [-0.4, -0.2) is 4.98 Å². The molecule has 1 nitrogen and oxygen atoms in total. The topological polar surface area (TPSA) is 12.9 Å². The summed E-state index contributed by atoms with van der Waals surface area (Å²) in [7, 11) is 0. The SMILES string of the molecule is Fc1cc(-c2ccc(Cl)cc2Cl)nc(C(F)(F)F)c1. The maximum Gasteiger partial charge on any atom is 0.433 e. The van der Waals surface area contributed by atoms with Crippen molar-refractivity contribution in [3.8, 4) is 11.3 Å². The first-order valence-corrected chi connectivity index (χ1v) is 5.73. The Morgan fingerprint density at radius 2 is 1.68 bits per heavy atom. The van der Waals surface area contributed by atoms with Crippen molar-refractivity contribution >= 4 is 23.2 Å². The number of hydrogen-bond donors (Lipinski definition) is 0. The minimum Gasteiger partial charge on any atom is -0.243 e. The van der Waals surface area contributed by atoms with Gasteiger partial charge in [-0.25, -0.2) is 9.37 Å². The van der Waals surface area contributed by atoms with Gasteiger partial charge in [0.1, 0.15) is 11.5 Å². The summed E-state index contributed by atoms with van der Waals surface area (Å²) in [5.74, 6) is -1.04. The van der Waals surface area contributed by atoms with Crippen molar-refractivity contribution in [3.63, 3.8) is 0 Å². The molecule has 1 aromatic carbocycles. The van der Waals surface area contributed by atoms with Crippen LogP contribution in [0.5, 0.6) is 0 Å². The van der Waals surface area contributed by atoms with Gasteiger partial charge in [-0.3, -0.25) is 0 Å². The summed E-state index contributed by atoms with van der Waals surface area (Å²) in [4.78, 5) is 3.37. The van der Waals surface area contributed by atoms with E-state index in [1.165, 1.54) is 18.2 Å². The summed E-state index contributed by atoms with van der Waals surface area (Å²) in [6, 6.07) is 5.37. The van der Waals surface area contributed by atoms with Crippen LogP contribution in [-0.2, 0) is 6.18 Å². The molecule has 0 bridgehead atoms. The fraction of sp³-hybridized carbons (Fsp3) is 0.0833. The summed E-state index contributed by atoms with van der Waals surface area (Å²) in [6.07, 6.45) is -4.73. The first kappa shape index (κ1) is 14.1. The van der Waals surface area contributed by atoms with Crippen LogP contribution in [0.25, 0.3) is 11.3 Å². The van der Waals surface area contributed by atoms with Gasteiger partial charge in [0.15, 0.2) is 0 Å². The van der Waals surface area contributed by atoms with Crippen LogP contribution >= 0.6 is 23.2 Å². The number of halogens is 6. The first-order chi connectivity index (χ1) is 8.77. The van der Waals surface area contributed by atoms with Crippen LogP contribution in [0.3, 0.4) is 0 Å². The third-order valence-electron chi connectivity index (χ3n) is 2.29. The van der Waals surface area contributed by atoms with Crippen LogP contribution in [0.4, 0.5) is 17.6 Å². The van der Waals surface area contributed by atoms with Crippen molar-refractivity contribution in [2.75, 3.05) is 0 Å². The summed E-state index contributed by atoms with van der Waals surface area (Å²) >= 11 is 11.5. The van der Waals surface area contributed by atoms with E-state index in [-0.39, 0.29) is 16.3 Å². The molecule has 0 aliphatic heterocycles. The molecule has 0 unspecified atom stereocenters. The zero-order valence-corrected chi connectivity index (χ0v) is 10.6. The van der Waals surface area contributed by atoms with Crippen molar-refractivity contribution in [2.45, 2.75) is 6.18 Å². The second-order valence-electron chi connectivity index (χ2n) is 3.68. The summed E-state index contributed by atoms with van der Waals surface area (Å²) in [5, 5.41) is 0.417. The highest BCUT2D eigenvalue weighted by atomic mass is 35.5. The van der Waals surface area contributed by atoms with Crippen LogP contribution in [0, 0.1) is 5.82 Å². The Morgan fingerprint density at radius 1 is 1.00 bits per heavy atom. The number of nitrogens with zero attached hydrogens (tertiary/aromatic N) is 1. The van der Waals surface area contributed by atoms with Gasteiger partial charge >= 0.3 is 6.18 Å². The molecule has 2 rings (SSSR count). The van der Waals surface area contributed by atoms with E-state index in [0.29, 0.717) is 11.1 Å². The van der Waals surface area contributed by atoms with Crippen LogP contribution in [0.15, 0.2) is 30.3 Å². The second-order valence-corrected chi connectivity index (χ2v) is 4.52. The molecule has 100 valence electrons. The maximum absolute atomic E-state index is 13.2. The second kappa shape index (κ2) is 4.98. The van der Waals surface area contributed by atoms with E-state index >= 15 is 0 Å². The minimum atomic E-state index is -4.73. The van der Waals surface area contributed by atoms with E-state index in [1.807, 2.05) is 0 Å². The van der Waals surface area contributed by atoms with Gasteiger partial charge in [0, 0.05) is 22.7 Å². The van der Waals surface area contributed by atoms with Crippen molar-refractivity contribution in [1.82, 2.24) is 4.98 Å². The van der Waals surface area contributed by atoms with Crippen molar-refractivity contribution in [2.24, 2.45) is 0 Å². The molecule has 1 heterocycles. The molecule has 2 aromatic rings. The molecule has 0 atom stereocenters. The summed E-state index contributed by atoms with van der Waals surface area (Å²) in [6.45, 7) is 0. The van der Waals surface area contributed by atoms with Gasteiger partial charge in [0.05, 0.1) is 10.7 Å². The molecule has 0 spiro atoms. The van der Waals surface area contributed by atoms with Crippen LogP contribution < -0.4 is 0 Å². The Morgan fingerprint density at radius 3 is 2.26 bits per heavy atom. The molecule has 1 aromatic heterocycles. The van der Waals surface area contributed by atoms with Crippen molar-refractivity contribution in [1.29, 1.82) is 0 Å². The van der Waals surface area contributed by atoms with E-state index in [4.69, 9.17) is 23.2 Å². The fourth-order valence-corrected chi connectivity index (χ4v) is 1.98. The van der Waals surface area contributed by atoms with Crippen LogP contribution in [0.2, 0.25) is 10.0 Å². The standard InChI is InChI=1S/C12H5Cl2F4N/c13-6-1-2-8(9(14)3-6)10-4-7(15)5-11(19-10)12(16,17)18/h1-5H. The molecule has 0 aliphatic rings. The van der Waals surface area contributed by atoms with Crippen molar-refractivity contribution < 1.29 is 17.6 Å². The zero-order valence-electron chi connectivity index (χ0n) is 9.10. The van der Waals surface area contributed by atoms with Gasteiger partial charge < -0.3 is 0 Å². The molecular formula is C12H5Cl2F4N. The Kier molecular flexibility index (Phi) is 3.69. The Labute approximate surface area is 115 Å². The van der Waals surface area contributed by atoms with Gasteiger partial charge in [-0.15, -0.1) is 0 Å². The number of aromatic nitrogens is 1. The molecule has 0 radical (unpaired) electrons. The smallest absolute Gasteiger partial charge is 0.243 e. The average molecular weight is 310 g/mol. The fourth-order valence-electron chi connectivity index (χ4n) is 1.48. The molecule has 0 saturated carbocycles. The average Bonchev–Trinajstić information content (AvgIpc) is 2.26. The van der Waals surface area contributed by atoms with E-state index in [1.54, 1.807) is 0 Å². The molecule has 0 aliphatic carbocycles. The van der Waals surface area contributed by atoms with Crippen LogP contribution in [0.1, 0.15) is 5.69 Å². The highest BCUT2D eigenvalue weighted by molar-refractivity contribution is 6.36. The number of alkyl halides is 3. The number of hydrogen-bond acceptors (Lipinski definition) is 1. The highest BCUT2D eigenvalue weighted by Crippen LogP contribution is 2.33. The lowest BCUT2D eigenvalue weighted by Gasteiger charge is -2.09. The lowest BCUT2D eigenvalue weighted by Crippen LogP contribution is -2.09. The molecule has 0 fully saturated rings. The molecule has 0 saturated heterocycles. The van der Waals surface area contributed by atoms with Gasteiger partial charge in [-0.1, -0.05) is 23.2 Å². The largest absolute Gasteiger partial charge is 0.433 e. The van der Waals surface area contributed by atoms with E-state index in [9.17, 15) is 17.6 Å². The summed E-state index contributed by atoms with van der Waals surface area (Å²) < 4.78 is 50.9. The highest BCUT2D eigenvalue weighted by Gasteiger charge is 2.33. The van der Waals surface area contributed by atoms with E-state index in [0.717, 1.165) is 6.07 Å². The maximum atomic E-state index is 13.2. The predicted octanol–water partition coefficient (Wildman–Crippen LogP) is 5.21. The van der Waals surface area contributed by atoms with Gasteiger partial charge in [-0.05, 0) is 18.2 Å². The summed E-state index contributed by atoms with van der Waals surface area (Å²) in [5.41, 5.74) is -1.33. The monoisotopic (exact) mass is 309 g/mol. The molecule has 0 amide bonds. The van der Waals surface area contributed by atoms with E-state index in [2.05, 4.69) is 4.98 Å². The van der Waals surface area contributed by atoms with Crippen molar-refractivity contribution in [3.05, 3.63) is 51.9 Å². The Hall–Kier alpha value is -1.33. The number of rotatable bonds is 1. The van der Waals surface area contributed by atoms with E-state index < -0.39 is 17.7 Å². The number of benzene rings is 1.